The summed E-state index contributed by atoms with van der Waals surface area (Å²) < 4.78 is 11.1. The molecule has 1 aliphatic heterocycles. The zero-order valence-corrected chi connectivity index (χ0v) is 14.5. The van der Waals surface area contributed by atoms with Crippen LogP contribution in [0.4, 0.5) is 4.79 Å². The van der Waals surface area contributed by atoms with Crippen molar-refractivity contribution in [1.29, 1.82) is 0 Å². The van der Waals surface area contributed by atoms with Crippen LogP contribution >= 0.6 is 0 Å². The van der Waals surface area contributed by atoms with E-state index in [2.05, 4.69) is 10.6 Å². The minimum absolute atomic E-state index is 0.179. The van der Waals surface area contributed by atoms with Gasteiger partial charge in [-0.15, -0.1) is 0 Å². The second kappa shape index (κ2) is 7.77. The molecule has 0 aliphatic carbocycles. The number of fused-ring (bicyclic) bond motifs is 1. The van der Waals surface area contributed by atoms with Gasteiger partial charge in [-0.25, -0.2) is 4.79 Å². The number of hydrogen-bond acceptors (Lipinski definition) is 4. The molecule has 7 nitrogen and oxygen atoms in total. The number of amides is 3. The lowest BCUT2D eigenvalue weighted by Crippen LogP contribution is -2.29. The molecule has 4 N–H and O–H groups in total. The molecule has 2 aromatic carbocycles. The van der Waals surface area contributed by atoms with Gasteiger partial charge in [0.05, 0.1) is 6.04 Å². The van der Waals surface area contributed by atoms with Crippen LogP contribution in [0.1, 0.15) is 34.5 Å². The molecule has 0 saturated heterocycles. The quantitative estimate of drug-likeness (QED) is 0.764. The van der Waals surface area contributed by atoms with Crippen LogP contribution in [0.25, 0.3) is 0 Å². The first-order valence-electron chi connectivity index (χ1n) is 8.35. The van der Waals surface area contributed by atoms with E-state index in [0.717, 1.165) is 16.9 Å². The van der Waals surface area contributed by atoms with E-state index in [1.807, 2.05) is 25.1 Å². The highest BCUT2D eigenvalue weighted by Crippen LogP contribution is 2.32. The molecular formula is C19H21N3O4. The average Bonchev–Trinajstić information content (AvgIpc) is 2.66. The summed E-state index contributed by atoms with van der Waals surface area (Å²) in [4.78, 5) is 23.2. The van der Waals surface area contributed by atoms with E-state index in [4.69, 9.17) is 15.2 Å². The van der Waals surface area contributed by atoms with Gasteiger partial charge >= 0.3 is 6.03 Å². The van der Waals surface area contributed by atoms with E-state index in [0.29, 0.717) is 31.1 Å². The second-order valence-electron chi connectivity index (χ2n) is 6.01. The number of carbonyl (C=O) groups is 2. The number of benzene rings is 2. The fraction of sp³-hybridized carbons (Fsp3) is 0.263. The van der Waals surface area contributed by atoms with Crippen molar-refractivity contribution in [2.45, 2.75) is 19.5 Å². The smallest absolute Gasteiger partial charge is 0.312 e. The topological polar surface area (TPSA) is 103 Å². The van der Waals surface area contributed by atoms with Gasteiger partial charge in [0.15, 0.2) is 11.5 Å². The number of carbonyl (C=O) groups excluding carboxylic acids is 2. The van der Waals surface area contributed by atoms with Gasteiger partial charge in [0.25, 0.3) is 5.91 Å². The summed E-state index contributed by atoms with van der Waals surface area (Å²) >= 11 is 0. The minimum Gasteiger partial charge on any atom is -0.486 e. The molecule has 3 amide bonds. The minimum atomic E-state index is -0.583. The van der Waals surface area contributed by atoms with Crippen LogP contribution in [0.5, 0.6) is 11.5 Å². The van der Waals surface area contributed by atoms with Crippen molar-refractivity contribution >= 4 is 11.9 Å². The summed E-state index contributed by atoms with van der Waals surface area (Å²) in [7, 11) is 0. The van der Waals surface area contributed by atoms with Crippen LogP contribution < -0.4 is 25.8 Å². The molecule has 0 bridgehead atoms. The van der Waals surface area contributed by atoms with Gasteiger partial charge in [0, 0.05) is 12.1 Å². The zero-order chi connectivity index (χ0) is 18.5. The normalized spacial score (nSPS) is 13.6. The molecular weight excluding hydrogens is 334 g/mol. The standard InChI is InChI=1S/C19H21N3O4/c1-12(15-6-7-16-17(10-15)26-9-8-25-16)22-18(23)14-4-2-13(3-5-14)11-21-19(20)24/h2-7,10,12H,8-9,11H2,1H3,(H,22,23)(H3,20,21,24). The number of urea groups is 1. The van der Waals surface area contributed by atoms with E-state index < -0.39 is 6.03 Å². The Kier molecular flexibility index (Phi) is 5.26. The van der Waals surface area contributed by atoms with Gasteiger partial charge in [-0.1, -0.05) is 18.2 Å². The molecule has 1 atom stereocenters. The predicted octanol–water partition coefficient (Wildman–Crippen LogP) is 2.12. The second-order valence-corrected chi connectivity index (χ2v) is 6.01. The maximum absolute atomic E-state index is 12.4. The molecule has 2 aromatic rings. The summed E-state index contributed by atoms with van der Waals surface area (Å²) in [5.41, 5.74) is 7.38. The molecule has 1 unspecified atom stereocenters. The largest absolute Gasteiger partial charge is 0.486 e. The Labute approximate surface area is 151 Å². The summed E-state index contributed by atoms with van der Waals surface area (Å²) in [5, 5.41) is 5.47. The highest BCUT2D eigenvalue weighted by Gasteiger charge is 2.16. The van der Waals surface area contributed by atoms with Crippen molar-refractivity contribution in [3.8, 4) is 11.5 Å². The van der Waals surface area contributed by atoms with Crippen LogP contribution in [0, 0.1) is 0 Å². The highest BCUT2D eigenvalue weighted by molar-refractivity contribution is 5.94. The van der Waals surface area contributed by atoms with Gasteiger partial charge in [0.1, 0.15) is 13.2 Å². The van der Waals surface area contributed by atoms with Gasteiger partial charge in [-0.3, -0.25) is 4.79 Å². The number of nitrogens with two attached hydrogens (primary N) is 1. The van der Waals surface area contributed by atoms with Gasteiger partial charge in [0.2, 0.25) is 0 Å². The first-order valence-corrected chi connectivity index (χ1v) is 8.35. The Hall–Kier alpha value is -3.22. The van der Waals surface area contributed by atoms with Crippen molar-refractivity contribution in [2.75, 3.05) is 13.2 Å². The molecule has 1 heterocycles. The number of hydrogen-bond donors (Lipinski definition) is 3. The SMILES string of the molecule is CC(NC(=O)c1ccc(CNC(N)=O)cc1)c1ccc2c(c1)OCCO2. The summed E-state index contributed by atoms with van der Waals surface area (Å²) in [6, 6.07) is 11.9. The maximum atomic E-state index is 12.4. The van der Waals surface area contributed by atoms with Crippen molar-refractivity contribution < 1.29 is 19.1 Å². The highest BCUT2D eigenvalue weighted by atomic mass is 16.6. The van der Waals surface area contributed by atoms with Gasteiger partial charge in [-0.2, -0.15) is 0 Å². The first-order chi connectivity index (χ1) is 12.5. The summed E-state index contributed by atoms with van der Waals surface area (Å²) in [6.45, 7) is 3.30. The number of ether oxygens (including phenoxy) is 2. The third kappa shape index (κ3) is 4.24. The maximum Gasteiger partial charge on any atom is 0.312 e. The Morgan fingerprint density at radius 2 is 1.77 bits per heavy atom. The third-order valence-corrected chi connectivity index (χ3v) is 4.10. The van der Waals surface area contributed by atoms with Crippen molar-refractivity contribution in [1.82, 2.24) is 10.6 Å². The van der Waals surface area contributed by atoms with E-state index in [1.54, 1.807) is 24.3 Å². The Morgan fingerprint density at radius 1 is 1.08 bits per heavy atom. The monoisotopic (exact) mass is 355 g/mol. The fourth-order valence-electron chi connectivity index (χ4n) is 2.66. The lowest BCUT2D eigenvalue weighted by Gasteiger charge is -2.21. The Balaban J connectivity index is 1.62. The van der Waals surface area contributed by atoms with E-state index >= 15 is 0 Å². The molecule has 3 rings (SSSR count). The summed E-state index contributed by atoms with van der Waals surface area (Å²) in [6.07, 6.45) is 0. The molecule has 7 heteroatoms. The van der Waals surface area contributed by atoms with Crippen molar-refractivity contribution in [3.05, 3.63) is 59.2 Å². The molecule has 1 aliphatic rings. The molecule has 0 fully saturated rings. The van der Waals surface area contributed by atoms with Crippen LogP contribution in [-0.2, 0) is 6.54 Å². The molecule has 26 heavy (non-hydrogen) atoms. The molecule has 0 aromatic heterocycles. The van der Waals surface area contributed by atoms with Crippen LogP contribution in [0.3, 0.4) is 0 Å². The molecule has 136 valence electrons. The van der Waals surface area contributed by atoms with Crippen LogP contribution in [-0.4, -0.2) is 25.2 Å². The Bertz CT molecular complexity index is 805. The molecule has 0 radical (unpaired) electrons. The molecule has 0 saturated carbocycles. The average molecular weight is 355 g/mol. The van der Waals surface area contributed by atoms with Crippen LogP contribution in [0.15, 0.2) is 42.5 Å². The zero-order valence-electron chi connectivity index (χ0n) is 14.5. The lowest BCUT2D eigenvalue weighted by molar-refractivity contribution is 0.0939. The Morgan fingerprint density at radius 3 is 2.46 bits per heavy atom. The number of primary amides is 1. The van der Waals surface area contributed by atoms with E-state index in [9.17, 15) is 9.59 Å². The van der Waals surface area contributed by atoms with Crippen LogP contribution in [0.2, 0.25) is 0 Å². The van der Waals surface area contributed by atoms with Gasteiger partial charge in [-0.05, 0) is 42.3 Å². The van der Waals surface area contributed by atoms with Gasteiger partial charge < -0.3 is 25.8 Å². The van der Waals surface area contributed by atoms with E-state index in [-0.39, 0.29) is 11.9 Å². The summed E-state index contributed by atoms with van der Waals surface area (Å²) in [5.74, 6) is 1.24. The lowest BCUT2D eigenvalue weighted by atomic mass is 10.1. The fourth-order valence-corrected chi connectivity index (χ4v) is 2.66. The predicted molar refractivity (Wildman–Crippen MR) is 96.2 cm³/mol. The third-order valence-electron chi connectivity index (χ3n) is 4.10. The van der Waals surface area contributed by atoms with Crippen molar-refractivity contribution in [2.24, 2.45) is 5.73 Å². The van der Waals surface area contributed by atoms with Crippen molar-refractivity contribution in [3.63, 3.8) is 0 Å². The number of rotatable bonds is 5. The van der Waals surface area contributed by atoms with E-state index in [1.165, 1.54) is 0 Å². The number of nitrogens with one attached hydrogen (secondary N) is 2. The molecule has 0 spiro atoms. The first kappa shape index (κ1) is 17.6.